The molecule has 0 radical (unpaired) electrons. The van der Waals surface area contributed by atoms with Crippen molar-refractivity contribution >= 4 is 28.9 Å². The monoisotopic (exact) mass is 318 g/mol. The molecule has 4 nitrogen and oxygen atoms in total. The fraction of sp³-hybridized carbons (Fsp3) is 0.235. The Morgan fingerprint density at radius 1 is 1.23 bits per heavy atom. The van der Waals surface area contributed by atoms with Gasteiger partial charge in [-0.2, -0.15) is 0 Å². The highest BCUT2D eigenvalue weighted by atomic mass is 35.5. The first-order chi connectivity index (χ1) is 10.6. The zero-order valence-corrected chi connectivity index (χ0v) is 13.4. The van der Waals surface area contributed by atoms with Crippen molar-refractivity contribution in [1.82, 2.24) is 0 Å². The molecular weight excluding hydrogens is 300 g/mol. The summed E-state index contributed by atoms with van der Waals surface area (Å²) in [5, 5.41) is 6.71. The van der Waals surface area contributed by atoms with Gasteiger partial charge >= 0.3 is 0 Å². The molecular formula is C17H19ClN2O2. The summed E-state index contributed by atoms with van der Waals surface area (Å²) in [7, 11) is 1.59. The van der Waals surface area contributed by atoms with Gasteiger partial charge in [-0.05, 0) is 30.7 Å². The first kappa shape index (κ1) is 16.2. The number of anilines is 2. The van der Waals surface area contributed by atoms with Crippen molar-refractivity contribution in [2.75, 3.05) is 24.3 Å². The number of carbonyl (C=O) groups is 1. The van der Waals surface area contributed by atoms with Crippen LogP contribution in [0.3, 0.4) is 0 Å². The molecule has 0 spiro atoms. The number of methoxy groups -OCH3 is 1. The molecule has 0 bridgehead atoms. The van der Waals surface area contributed by atoms with E-state index in [0.717, 1.165) is 16.9 Å². The molecule has 5 heteroatoms. The lowest BCUT2D eigenvalue weighted by atomic mass is 10.2. The Morgan fingerprint density at radius 3 is 2.64 bits per heavy atom. The van der Waals surface area contributed by atoms with Crippen molar-refractivity contribution in [1.29, 1.82) is 0 Å². The first-order valence-electron chi connectivity index (χ1n) is 7.03. The van der Waals surface area contributed by atoms with Crippen LogP contribution in [-0.2, 0) is 4.79 Å². The van der Waals surface area contributed by atoms with Gasteiger partial charge < -0.3 is 15.4 Å². The molecule has 116 valence electrons. The lowest BCUT2D eigenvalue weighted by Gasteiger charge is -2.13. The number of rotatable bonds is 6. The summed E-state index contributed by atoms with van der Waals surface area (Å²) in [4.78, 5) is 11.9. The van der Waals surface area contributed by atoms with Crippen LogP contribution in [0.15, 0.2) is 42.5 Å². The predicted molar refractivity (Wildman–Crippen MR) is 90.9 cm³/mol. The van der Waals surface area contributed by atoms with Crippen LogP contribution in [-0.4, -0.2) is 19.6 Å². The van der Waals surface area contributed by atoms with Crippen molar-refractivity contribution in [3.63, 3.8) is 0 Å². The number of halogens is 1. The SMILES string of the molecule is COc1cc(Cl)c(C)cc1NCCC(=O)Nc1ccccc1. The third-order valence-electron chi connectivity index (χ3n) is 3.21. The van der Waals surface area contributed by atoms with E-state index >= 15 is 0 Å². The van der Waals surface area contributed by atoms with E-state index in [4.69, 9.17) is 16.3 Å². The number of para-hydroxylation sites is 1. The molecule has 0 aliphatic carbocycles. The number of nitrogens with one attached hydrogen (secondary N) is 2. The number of benzene rings is 2. The van der Waals surface area contributed by atoms with E-state index in [2.05, 4.69) is 10.6 Å². The van der Waals surface area contributed by atoms with Gasteiger partial charge in [-0.3, -0.25) is 4.79 Å². The van der Waals surface area contributed by atoms with E-state index < -0.39 is 0 Å². The van der Waals surface area contributed by atoms with Crippen LogP contribution in [0.4, 0.5) is 11.4 Å². The minimum absolute atomic E-state index is 0.0386. The van der Waals surface area contributed by atoms with Crippen LogP contribution in [0.2, 0.25) is 5.02 Å². The van der Waals surface area contributed by atoms with Crippen LogP contribution >= 0.6 is 11.6 Å². The Labute approximate surface area is 135 Å². The summed E-state index contributed by atoms with van der Waals surface area (Å²) in [6, 6.07) is 13.1. The molecule has 2 rings (SSSR count). The molecule has 22 heavy (non-hydrogen) atoms. The van der Waals surface area contributed by atoms with E-state index in [-0.39, 0.29) is 5.91 Å². The number of hydrogen-bond acceptors (Lipinski definition) is 3. The maximum atomic E-state index is 11.9. The number of carbonyl (C=O) groups excluding carboxylic acids is 1. The van der Waals surface area contributed by atoms with E-state index in [1.807, 2.05) is 43.3 Å². The van der Waals surface area contributed by atoms with E-state index in [1.165, 1.54) is 0 Å². The second kappa shape index (κ2) is 7.71. The highest BCUT2D eigenvalue weighted by Crippen LogP contribution is 2.30. The highest BCUT2D eigenvalue weighted by Gasteiger charge is 2.08. The molecule has 0 unspecified atom stereocenters. The second-order valence-electron chi connectivity index (χ2n) is 4.89. The molecule has 0 aliphatic rings. The van der Waals surface area contributed by atoms with Gasteiger partial charge in [0.2, 0.25) is 5.91 Å². The van der Waals surface area contributed by atoms with Crippen molar-refractivity contribution < 1.29 is 9.53 Å². The van der Waals surface area contributed by atoms with Crippen LogP contribution in [0.5, 0.6) is 5.75 Å². The Bertz CT molecular complexity index is 645. The molecule has 0 aliphatic heterocycles. The van der Waals surface area contributed by atoms with E-state index in [1.54, 1.807) is 13.2 Å². The van der Waals surface area contributed by atoms with E-state index in [0.29, 0.717) is 23.7 Å². The molecule has 0 saturated carbocycles. The summed E-state index contributed by atoms with van der Waals surface area (Å²) in [6.45, 7) is 2.44. The van der Waals surface area contributed by atoms with Gasteiger partial charge in [0.1, 0.15) is 5.75 Å². The average Bonchev–Trinajstić information content (AvgIpc) is 2.51. The van der Waals surface area contributed by atoms with Gasteiger partial charge in [0, 0.05) is 29.7 Å². The molecule has 2 aromatic carbocycles. The van der Waals surface area contributed by atoms with Gasteiger partial charge in [0.05, 0.1) is 12.8 Å². The summed E-state index contributed by atoms with van der Waals surface area (Å²) in [6.07, 6.45) is 0.361. The summed E-state index contributed by atoms with van der Waals surface area (Å²) in [5.74, 6) is 0.627. The fourth-order valence-electron chi connectivity index (χ4n) is 2.03. The first-order valence-corrected chi connectivity index (χ1v) is 7.41. The Kier molecular flexibility index (Phi) is 5.67. The van der Waals surface area contributed by atoms with Gasteiger partial charge in [0.25, 0.3) is 0 Å². The summed E-state index contributed by atoms with van der Waals surface area (Å²) in [5.41, 5.74) is 2.59. The Hall–Kier alpha value is -2.20. The topological polar surface area (TPSA) is 50.4 Å². The third kappa shape index (κ3) is 4.40. The summed E-state index contributed by atoms with van der Waals surface area (Å²) >= 11 is 6.07. The molecule has 0 heterocycles. The van der Waals surface area contributed by atoms with Crippen LogP contribution in [0.25, 0.3) is 0 Å². The van der Waals surface area contributed by atoms with Gasteiger partial charge in [-0.1, -0.05) is 29.8 Å². The van der Waals surface area contributed by atoms with Crippen LogP contribution in [0.1, 0.15) is 12.0 Å². The normalized spacial score (nSPS) is 10.1. The van der Waals surface area contributed by atoms with Crippen molar-refractivity contribution in [3.05, 3.63) is 53.1 Å². The number of hydrogen-bond donors (Lipinski definition) is 2. The quantitative estimate of drug-likeness (QED) is 0.843. The van der Waals surface area contributed by atoms with Gasteiger partial charge in [-0.15, -0.1) is 0 Å². The zero-order valence-electron chi connectivity index (χ0n) is 12.7. The average molecular weight is 319 g/mol. The van der Waals surface area contributed by atoms with E-state index in [9.17, 15) is 4.79 Å². The fourth-order valence-corrected chi connectivity index (χ4v) is 2.18. The Morgan fingerprint density at radius 2 is 1.95 bits per heavy atom. The minimum atomic E-state index is -0.0386. The Balaban J connectivity index is 1.88. The number of amides is 1. The molecule has 0 atom stereocenters. The molecule has 2 N–H and O–H groups in total. The lowest BCUT2D eigenvalue weighted by molar-refractivity contribution is -0.115. The maximum Gasteiger partial charge on any atom is 0.226 e. The predicted octanol–water partition coefficient (Wildman–Crippen LogP) is 4.10. The molecule has 0 fully saturated rings. The zero-order chi connectivity index (χ0) is 15.9. The number of ether oxygens (including phenoxy) is 1. The minimum Gasteiger partial charge on any atom is -0.495 e. The van der Waals surface area contributed by atoms with Crippen molar-refractivity contribution in [2.24, 2.45) is 0 Å². The molecule has 2 aromatic rings. The second-order valence-corrected chi connectivity index (χ2v) is 5.30. The molecule has 0 aromatic heterocycles. The van der Waals surface area contributed by atoms with Crippen LogP contribution in [0, 0.1) is 6.92 Å². The highest BCUT2D eigenvalue weighted by molar-refractivity contribution is 6.31. The van der Waals surface area contributed by atoms with Crippen molar-refractivity contribution in [2.45, 2.75) is 13.3 Å². The third-order valence-corrected chi connectivity index (χ3v) is 3.61. The molecule has 1 amide bonds. The lowest BCUT2D eigenvalue weighted by Crippen LogP contribution is -2.16. The number of aryl methyl sites for hydroxylation is 1. The standard InChI is InChI=1S/C17H19ClN2O2/c1-12-10-15(16(22-2)11-14(12)18)19-9-8-17(21)20-13-6-4-3-5-7-13/h3-7,10-11,19H,8-9H2,1-2H3,(H,20,21). The molecule has 0 saturated heterocycles. The van der Waals surface area contributed by atoms with Crippen molar-refractivity contribution in [3.8, 4) is 5.75 Å². The van der Waals surface area contributed by atoms with Gasteiger partial charge in [0.15, 0.2) is 0 Å². The van der Waals surface area contributed by atoms with Crippen LogP contribution < -0.4 is 15.4 Å². The smallest absolute Gasteiger partial charge is 0.226 e. The van der Waals surface area contributed by atoms with Gasteiger partial charge in [-0.25, -0.2) is 0 Å². The largest absolute Gasteiger partial charge is 0.495 e. The summed E-state index contributed by atoms with van der Waals surface area (Å²) < 4.78 is 5.29. The maximum absolute atomic E-state index is 11.9.